The van der Waals surface area contributed by atoms with Gasteiger partial charge in [-0.1, -0.05) is 127 Å². The summed E-state index contributed by atoms with van der Waals surface area (Å²) >= 11 is 12.9. The van der Waals surface area contributed by atoms with Crippen molar-refractivity contribution in [1.29, 1.82) is 0 Å². The number of carbonyl (C=O) groups excluding carboxylic acids is 8. The van der Waals surface area contributed by atoms with Gasteiger partial charge in [-0.25, -0.2) is 19.2 Å². The number of benzene rings is 2. The molecule has 2 aromatic heterocycles. The quantitative estimate of drug-likeness (QED) is 0.0757. The number of halogens is 2. The first kappa shape index (κ1) is 70.0. The summed E-state index contributed by atoms with van der Waals surface area (Å²) < 4.78 is 27.9. The first-order chi connectivity index (χ1) is 40.2. The standard InChI is InChI=1S/C64H90Cl2N8O12/c1-35(2)27-49-61(79)83-43(13)57(75)69(15)52(30-38(7)8)64(82)86-54(32-46-21-25-48(26-22-46)34-74-42(12)56(66)40(10)68-74)60(78)72(18)50(28-36(3)4)62(80)84-44(14)58(76)70(16)51(29-37(5)6)63(81)85-53(59(77)71(49)17)31-45-19-23-47(24-20-45)33-73-41(11)55(65)39(9)67-73/h19-26,35-38,43-44,49-54H,27-34H2,1-18H3/t43-,44-,49+,50+,51+,52+,53-,54-/m1/s1. The largest absolute Gasteiger partial charge is 0.451 e. The maximum Gasteiger partial charge on any atom is 0.329 e. The second kappa shape index (κ2) is 30.7. The van der Waals surface area contributed by atoms with Crippen molar-refractivity contribution in [1.82, 2.24) is 39.2 Å². The molecule has 4 aromatic rings. The Morgan fingerprint density at radius 1 is 0.407 bits per heavy atom. The van der Waals surface area contributed by atoms with E-state index >= 15 is 9.59 Å². The van der Waals surface area contributed by atoms with Gasteiger partial charge in [0.05, 0.1) is 45.9 Å². The lowest BCUT2D eigenvalue weighted by Gasteiger charge is -2.35. The van der Waals surface area contributed by atoms with Crippen molar-refractivity contribution < 1.29 is 57.3 Å². The van der Waals surface area contributed by atoms with Gasteiger partial charge in [0.1, 0.15) is 24.2 Å². The van der Waals surface area contributed by atoms with Crippen molar-refractivity contribution in [2.75, 3.05) is 28.2 Å². The van der Waals surface area contributed by atoms with Gasteiger partial charge in [0.25, 0.3) is 23.6 Å². The molecular formula is C64H90Cl2N8O12. The van der Waals surface area contributed by atoms with E-state index in [-0.39, 0.29) is 62.2 Å². The summed E-state index contributed by atoms with van der Waals surface area (Å²) in [5.74, 6) is -7.60. The van der Waals surface area contributed by atoms with E-state index in [4.69, 9.17) is 42.1 Å². The number of nitrogens with zero attached hydrogens (tertiary/aromatic N) is 8. The highest BCUT2D eigenvalue weighted by Gasteiger charge is 2.43. The Bertz CT molecular complexity index is 2830. The van der Waals surface area contributed by atoms with E-state index in [0.29, 0.717) is 45.6 Å². The van der Waals surface area contributed by atoms with Gasteiger partial charge in [-0.15, -0.1) is 0 Å². The summed E-state index contributed by atoms with van der Waals surface area (Å²) in [4.78, 5) is 123. The fourth-order valence-electron chi connectivity index (χ4n) is 10.5. The first-order valence-electron chi connectivity index (χ1n) is 29.6. The lowest BCUT2D eigenvalue weighted by atomic mass is 9.99. The summed E-state index contributed by atoms with van der Waals surface area (Å²) in [6, 6.07) is 9.36. The summed E-state index contributed by atoms with van der Waals surface area (Å²) in [6.45, 7) is 25.7. The van der Waals surface area contributed by atoms with Crippen LogP contribution in [0.3, 0.4) is 0 Å². The third kappa shape index (κ3) is 18.1. The molecule has 0 radical (unpaired) electrons. The highest BCUT2D eigenvalue weighted by Crippen LogP contribution is 2.27. The van der Waals surface area contributed by atoms with Crippen LogP contribution in [0.25, 0.3) is 0 Å². The van der Waals surface area contributed by atoms with E-state index in [0.717, 1.165) is 42.1 Å². The predicted octanol–water partition coefficient (Wildman–Crippen LogP) is 8.69. The van der Waals surface area contributed by atoms with E-state index in [1.807, 2.05) is 107 Å². The van der Waals surface area contributed by atoms with Gasteiger partial charge >= 0.3 is 23.9 Å². The van der Waals surface area contributed by atoms with E-state index in [9.17, 15) is 28.8 Å². The predicted molar refractivity (Wildman–Crippen MR) is 327 cm³/mol. The zero-order valence-corrected chi connectivity index (χ0v) is 54.9. The summed E-state index contributed by atoms with van der Waals surface area (Å²) in [6.07, 6.45) is -6.16. The van der Waals surface area contributed by atoms with Crippen LogP contribution in [0, 0.1) is 51.4 Å². The van der Waals surface area contributed by atoms with Crippen LogP contribution in [-0.2, 0) is 83.2 Å². The Kier molecular flexibility index (Phi) is 25.0. The number of rotatable bonds is 16. The average Bonchev–Trinajstić information content (AvgIpc) is 2.04. The maximum absolute atomic E-state index is 15.1. The van der Waals surface area contributed by atoms with Crippen LogP contribution in [0.15, 0.2) is 48.5 Å². The van der Waals surface area contributed by atoms with Crippen molar-refractivity contribution in [2.45, 2.75) is 197 Å². The number of hydrogen-bond donors (Lipinski definition) is 0. The molecule has 0 bridgehead atoms. The molecule has 8 atom stereocenters. The lowest BCUT2D eigenvalue weighted by Crippen LogP contribution is -2.55. The molecule has 86 heavy (non-hydrogen) atoms. The van der Waals surface area contributed by atoms with Crippen molar-refractivity contribution in [3.63, 3.8) is 0 Å². The SMILES string of the molecule is Cc1nn(Cc2ccc(C[C@H]3OC(=O)[C@H](CC(C)C)N(C)C(=O)[C@@H](C)OC(=O)[C@H](CC(C)C)N(C)C(=O)[C@@H](Cc4ccc(Cn5nc(C)c(Cl)c5C)cc4)OC(=O)[C@H](CC(C)C)N(C)C(=O)[C@@H](C)OC(=O)[C@H](CC(C)C)N(C)C3=O)cc2)c(C)c1Cl. The molecule has 4 amide bonds. The molecule has 0 N–H and O–H groups in total. The number of amides is 4. The fourth-order valence-corrected chi connectivity index (χ4v) is 10.7. The Morgan fingerprint density at radius 2 is 0.651 bits per heavy atom. The highest BCUT2D eigenvalue weighted by atomic mass is 35.5. The van der Waals surface area contributed by atoms with Gasteiger partial charge in [-0.05, 0) is 113 Å². The smallest absolute Gasteiger partial charge is 0.329 e. The number of aromatic nitrogens is 4. The molecule has 3 heterocycles. The van der Waals surface area contributed by atoms with Gasteiger partial charge in [0, 0.05) is 41.0 Å². The number of hydrogen-bond acceptors (Lipinski definition) is 14. The number of aryl methyl sites for hydroxylation is 2. The maximum atomic E-state index is 15.1. The number of ether oxygens (including phenoxy) is 4. The van der Waals surface area contributed by atoms with E-state index in [1.165, 1.54) is 42.0 Å². The molecule has 0 aliphatic carbocycles. The molecule has 0 spiro atoms. The molecule has 0 saturated carbocycles. The van der Waals surface area contributed by atoms with Crippen molar-refractivity contribution in [3.05, 3.63) is 104 Å². The number of esters is 4. The molecule has 1 fully saturated rings. The van der Waals surface area contributed by atoms with Gasteiger partial charge in [-0.2, -0.15) is 10.2 Å². The van der Waals surface area contributed by atoms with Crippen molar-refractivity contribution >= 4 is 70.7 Å². The Labute approximate surface area is 517 Å². The molecule has 472 valence electrons. The minimum Gasteiger partial charge on any atom is -0.451 e. The Hall–Kier alpha value is -6.80. The Balaban J connectivity index is 1.59. The topological polar surface area (TPSA) is 222 Å². The van der Waals surface area contributed by atoms with E-state index < -0.39 is 96.1 Å². The van der Waals surface area contributed by atoms with Crippen LogP contribution in [0.5, 0.6) is 0 Å². The van der Waals surface area contributed by atoms with Crippen molar-refractivity contribution in [2.24, 2.45) is 23.7 Å². The Morgan fingerprint density at radius 3 is 0.895 bits per heavy atom. The summed E-state index contributed by atoms with van der Waals surface area (Å²) in [7, 11) is 5.55. The van der Waals surface area contributed by atoms with Gasteiger partial charge in [0.2, 0.25) is 0 Å². The molecule has 1 aliphatic rings. The summed E-state index contributed by atoms with van der Waals surface area (Å²) in [5, 5.41) is 10.2. The number of carbonyl (C=O) groups is 8. The second-order valence-electron chi connectivity index (χ2n) is 24.7. The zero-order valence-electron chi connectivity index (χ0n) is 53.4. The molecule has 5 rings (SSSR count). The van der Waals surface area contributed by atoms with Crippen LogP contribution in [0.4, 0.5) is 0 Å². The zero-order chi connectivity index (χ0) is 64.3. The molecule has 20 nitrogen and oxygen atoms in total. The molecule has 0 unspecified atom stereocenters. The first-order valence-corrected chi connectivity index (χ1v) is 30.4. The minimum absolute atomic E-state index is 0.0683. The fraction of sp³-hybridized carbons (Fsp3) is 0.594. The second-order valence-corrected chi connectivity index (χ2v) is 25.5. The lowest BCUT2D eigenvalue weighted by molar-refractivity contribution is -0.176. The van der Waals surface area contributed by atoms with Crippen LogP contribution >= 0.6 is 23.2 Å². The van der Waals surface area contributed by atoms with E-state index in [2.05, 4.69) is 10.2 Å². The van der Waals surface area contributed by atoms with Gasteiger partial charge < -0.3 is 38.5 Å². The van der Waals surface area contributed by atoms with Gasteiger partial charge in [0.15, 0.2) is 24.4 Å². The van der Waals surface area contributed by atoms with Crippen molar-refractivity contribution in [3.8, 4) is 0 Å². The average molecular weight is 1230 g/mol. The number of cyclic esters (lactones) is 4. The van der Waals surface area contributed by atoms with Crippen LogP contribution in [0.2, 0.25) is 10.0 Å². The van der Waals surface area contributed by atoms with Crippen LogP contribution < -0.4 is 0 Å². The number of likely N-dealkylation sites (N-methyl/N-ethyl adjacent to an activating group) is 4. The third-order valence-electron chi connectivity index (χ3n) is 15.6. The van der Waals surface area contributed by atoms with Crippen LogP contribution in [-0.4, -0.2) is 163 Å². The van der Waals surface area contributed by atoms with Gasteiger partial charge in [-0.3, -0.25) is 28.5 Å². The van der Waals surface area contributed by atoms with E-state index in [1.54, 1.807) is 33.6 Å². The third-order valence-corrected chi connectivity index (χ3v) is 16.7. The minimum atomic E-state index is -1.56. The molecule has 1 saturated heterocycles. The molecular weight excluding hydrogens is 1140 g/mol. The molecule has 1 aliphatic heterocycles. The van der Waals surface area contributed by atoms with Crippen LogP contribution in [0.1, 0.15) is 140 Å². The summed E-state index contributed by atoms with van der Waals surface area (Å²) in [5.41, 5.74) is 5.90. The normalized spacial score (nSPS) is 22.5. The molecule has 22 heteroatoms. The highest BCUT2D eigenvalue weighted by molar-refractivity contribution is 6.32. The molecule has 2 aromatic carbocycles. The monoisotopic (exact) mass is 1230 g/mol.